The summed E-state index contributed by atoms with van der Waals surface area (Å²) in [6, 6.07) is 24.7. The van der Waals surface area contributed by atoms with E-state index in [-0.39, 0.29) is 5.75 Å². The third-order valence-electron chi connectivity index (χ3n) is 5.15. The molecule has 0 spiro atoms. The van der Waals surface area contributed by atoms with Gasteiger partial charge in [0.25, 0.3) is 0 Å². The zero-order valence-electron chi connectivity index (χ0n) is 13.7. The van der Waals surface area contributed by atoms with Crippen molar-refractivity contribution in [3.8, 4) is 16.3 Å². The number of aromatic hydroxyl groups is 1. The first-order chi connectivity index (χ1) is 12.8. The summed E-state index contributed by atoms with van der Waals surface area (Å²) in [5, 5.41) is 18.6. The Morgan fingerprint density at radius 2 is 1.38 bits per heavy atom. The summed E-state index contributed by atoms with van der Waals surface area (Å²) in [6.45, 7) is 0. The van der Waals surface area contributed by atoms with Gasteiger partial charge >= 0.3 is 0 Å². The first-order valence-corrected chi connectivity index (χ1v) is 9.37. The monoisotopic (exact) mass is 351 g/mol. The molecule has 0 bridgehead atoms. The number of thiazole rings is 1. The number of hydrogen-bond donors (Lipinski definition) is 1. The third-order valence-corrected chi connectivity index (χ3v) is 6.27. The van der Waals surface area contributed by atoms with Gasteiger partial charge in [0.05, 0.1) is 15.8 Å². The number of phenols is 1. The van der Waals surface area contributed by atoms with E-state index >= 15 is 0 Å². The van der Waals surface area contributed by atoms with E-state index in [0.29, 0.717) is 0 Å². The van der Waals surface area contributed by atoms with Crippen molar-refractivity contribution in [3.05, 3.63) is 72.8 Å². The Morgan fingerprint density at radius 1 is 0.692 bits per heavy atom. The molecule has 1 heterocycles. The summed E-state index contributed by atoms with van der Waals surface area (Å²) in [5.74, 6) is 0.271. The molecule has 2 nitrogen and oxygen atoms in total. The lowest BCUT2D eigenvalue weighted by molar-refractivity contribution is 0.477. The fourth-order valence-corrected chi connectivity index (χ4v) is 5.14. The van der Waals surface area contributed by atoms with Crippen LogP contribution in [0.2, 0.25) is 0 Å². The average molecular weight is 351 g/mol. The summed E-state index contributed by atoms with van der Waals surface area (Å²) in [6.07, 6.45) is 0. The molecule has 0 amide bonds. The molecule has 122 valence electrons. The quantitative estimate of drug-likeness (QED) is 0.340. The number of phenolic OH excluding ortho intramolecular Hbond substituents is 1. The standard InChI is InChI=1S/C23H13NOS/c25-18-10-2-1-7-15(18)23-24-21-16-8-3-5-13-11-12-14-6-4-9-17(22(21)26-23)20(14)19(13)16/h1-12,25H. The highest BCUT2D eigenvalue weighted by atomic mass is 32.1. The minimum absolute atomic E-state index is 0.271. The molecule has 0 atom stereocenters. The molecule has 1 aromatic heterocycles. The number of hydrogen-bond acceptors (Lipinski definition) is 3. The van der Waals surface area contributed by atoms with Crippen LogP contribution < -0.4 is 0 Å². The molecule has 6 rings (SSSR count). The fraction of sp³-hybridized carbons (Fsp3) is 0. The van der Waals surface area contributed by atoms with Gasteiger partial charge in [0, 0.05) is 10.8 Å². The maximum atomic E-state index is 10.3. The first-order valence-electron chi connectivity index (χ1n) is 8.56. The Labute approximate surface area is 153 Å². The fourth-order valence-electron chi connectivity index (χ4n) is 4.00. The molecule has 1 N–H and O–H groups in total. The predicted molar refractivity (Wildman–Crippen MR) is 110 cm³/mol. The lowest BCUT2D eigenvalue weighted by Crippen LogP contribution is -1.85. The smallest absolute Gasteiger partial charge is 0.128 e. The average Bonchev–Trinajstić information content (AvgIpc) is 3.13. The van der Waals surface area contributed by atoms with Crippen molar-refractivity contribution in [2.45, 2.75) is 0 Å². The van der Waals surface area contributed by atoms with Gasteiger partial charge in [-0.15, -0.1) is 11.3 Å². The van der Waals surface area contributed by atoms with Gasteiger partial charge in [0.1, 0.15) is 10.8 Å². The van der Waals surface area contributed by atoms with Crippen molar-refractivity contribution >= 4 is 53.9 Å². The van der Waals surface area contributed by atoms with Gasteiger partial charge in [0.15, 0.2) is 0 Å². The Balaban J connectivity index is 1.87. The maximum absolute atomic E-state index is 10.3. The van der Waals surface area contributed by atoms with Crippen molar-refractivity contribution in [3.63, 3.8) is 0 Å². The largest absolute Gasteiger partial charge is 0.507 e. The van der Waals surface area contributed by atoms with E-state index < -0.39 is 0 Å². The lowest BCUT2D eigenvalue weighted by Gasteiger charge is -2.11. The van der Waals surface area contributed by atoms with E-state index in [1.165, 1.54) is 37.0 Å². The zero-order chi connectivity index (χ0) is 17.3. The van der Waals surface area contributed by atoms with Gasteiger partial charge in [-0.25, -0.2) is 4.98 Å². The summed E-state index contributed by atoms with van der Waals surface area (Å²) < 4.78 is 1.18. The van der Waals surface area contributed by atoms with Gasteiger partial charge in [-0.1, -0.05) is 60.7 Å². The SMILES string of the molecule is Oc1ccccc1-c1nc2c3cccc4ccc5cccc(c2s1)c5c43. The number of nitrogens with zero attached hydrogens (tertiary/aromatic N) is 1. The Bertz CT molecular complexity index is 1360. The summed E-state index contributed by atoms with van der Waals surface area (Å²) >= 11 is 1.65. The van der Waals surface area contributed by atoms with Crippen molar-refractivity contribution in [2.24, 2.45) is 0 Å². The second-order valence-corrected chi connectivity index (χ2v) is 7.59. The molecule has 0 aliphatic carbocycles. The van der Waals surface area contributed by atoms with Crippen molar-refractivity contribution in [1.29, 1.82) is 0 Å². The lowest BCUT2D eigenvalue weighted by atomic mass is 9.94. The highest BCUT2D eigenvalue weighted by Crippen LogP contribution is 2.44. The van der Waals surface area contributed by atoms with Crippen LogP contribution in [-0.2, 0) is 0 Å². The van der Waals surface area contributed by atoms with Crippen molar-refractivity contribution in [2.75, 3.05) is 0 Å². The highest BCUT2D eigenvalue weighted by Gasteiger charge is 2.17. The summed E-state index contributed by atoms with van der Waals surface area (Å²) in [5.41, 5.74) is 1.81. The maximum Gasteiger partial charge on any atom is 0.128 e. The second-order valence-electron chi connectivity index (χ2n) is 6.59. The number of fused-ring (bicyclic) bond motifs is 3. The van der Waals surface area contributed by atoms with Crippen LogP contribution >= 0.6 is 11.3 Å². The molecule has 0 saturated heterocycles. The van der Waals surface area contributed by atoms with E-state index in [1.807, 2.05) is 18.2 Å². The third kappa shape index (κ3) is 1.73. The molecule has 0 aliphatic rings. The van der Waals surface area contributed by atoms with Crippen LogP contribution in [-0.4, -0.2) is 10.1 Å². The van der Waals surface area contributed by atoms with Crippen molar-refractivity contribution < 1.29 is 5.11 Å². The number of benzene rings is 5. The van der Waals surface area contributed by atoms with Gasteiger partial charge in [-0.05, 0) is 33.7 Å². The molecule has 0 radical (unpaired) electrons. The second kappa shape index (κ2) is 4.93. The Morgan fingerprint density at radius 3 is 2.15 bits per heavy atom. The topological polar surface area (TPSA) is 33.1 Å². The van der Waals surface area contributed by atoms with E-state index in [2.05, 4.69) is 48.5 Å². The zero-order valence-corrected chi connectivity index (χ0v) is 14.5. The van der Waals surface area contributed by atoms with Gasteiger partial charge in [-0.3, -0.25) is 0 Å². The number of rotatable bonds is 1. The Hall–Kier alpha value is -3.17. The van der Waals surface area contributed by atoms with Crippen LogP contribution in [0.1, 0.15) is 0 Å². The van der Waals surface area contributed by atoms with E-state index in [1.54, 1.807) is 17.4 Å². The number of para-hydroxylation sites is 1. The van der Waals surface area contributed by atoms with Crippen LogP contribution in [0.5, 0.6) is 5.75 Å². The van der Waals surface area contributed by atoms with Crippen LogP contribution in [0, 0.1) is 0 Å². The molecule has 26 heavy (non-hydrogen) atoms. The van der Waals surface area contributed by atoms with Crippen molar-refractivity contribution in [1.82, 2.24) is 4.98 Å². The first kappa shape index (κ1) is 14.0. The molecule has 5 aromatic carbocycles. The predicted octanol–water partition coefficient (Wildman–Crippen LogP) is 6.57. The molecule has 3 heteroatoms. The number of aromatic nitrogens is 1. The normalized spacial score (nSPS) is 12.0. The van der Waals surface area contributed by atoms with Gasteiger partial charge in [0.2, 0.25) is 0 Å². The molecule has 0 saturated carbocycles. The summed E-state index contributed by atoms with van der Waals surface area (Å²) in [4.78, 5) is 4.95. The van der Waals surface area contributed by atoms with Crippen LogP contribution in [0.3, 0.4) is 0 Å². The highest BCUT2D eigenvalue weighted by molar-refractivity contribution is 7.22. The molecular formula is C23H13NOS. The van der Waals surface area contributed by atoms with Crippen LogP contribution in [0.15, 0.2) is 72.8 Å². The minimum atomic E-state index is 0.271. The minimum Gasteiger partial charge on any atom is -0.507 e. The molecular weight excluding hydrogens is 338 g/mol. The van der Waals surface area contributed by atoms with E-state index in [0.717, 1.165) is 16.1 Å². The van der Waals surface area contributed by atoms with E-state index in [9.17, 15) is 5.11 Å². The van der Waals surface area contributed by atoms with Crippen LogP contribution in [0.25, 0.3) is 53.1 Å². The molecule has 0 fully saturated rings. The molecule has 6 aromatic rings. The van der Waals surface area contributed by atoms with Crippen LogP contribution in [0.4, 0.5) is 0 Å². The Kier molecular flexibility index (Phi) is 2.66. The van der Waals surface area contributed by atoms with Gasteiger partial charge in [-0.2, -0.15) is 0 Å². The summed E-state index contributed by atoms with van der Waals surface area (Å²) in [7, 11) is 0. The van der Waals surface area contributed by atoms with Gasteiger partial charge < -0.3 is 5.11 Å². The molecule has 0 unspecified atom stereocenters. The van der Waals surface area contributed by atoms with E-state index in [4.69, 9.17) is 4.98 Å². The molecule has 0 aliphatic heterocycles.